The number of nitrogens with zero attached hydrogens (tertiary/aromatic N) is 1. The van der Waals surface area contributed by atoms with Crippen molar-refractivity contribution in [3.8, 4) is 11.5 Å². The Kier molecular flexibility index (Phi) is 10.5. The normalized spacial score (nSPS) is 16.1. The number of nitrogens with one attached hydrogen (secondary N) is 2. The molecule has 0 saturated carbocycles. The van der Waals surface area contributed by atoms with Crippen LogP contribution in [0.25, 0.3) is 0 Å². The Morgan fingerprint density at radius 2 is 1.93 bits per heavy atom. The molecule has 1 fully saturated rings. The lowest BCUT2D eigenvalue weighted by Gasteiger charge is -2.16. The summed E-state index contributed by atoms with van der Waals surface area (Å²) in [4.78, 5) is 4.32. The van der Waals surface area contributed by atoms with Crippen molar-refractivity contribution in [3.05, 3.63) is 59.7 Å². The lowest BCUT2D eigenvalue weighted by atomic mass is 10.2. The average molecular weight is 527 g/mol. The van der Waals surface area contributed by atoms with Crippen LogP contribution >= 0.6 is 35.7 Å². The van der Waals surface area contributed by atoms with Crippen molar-refractivity contribution >= 4 is 41.7 Å². The van der Waals surface area contributed by atoms with E-state index in [1.165, 1.54) is 18.6 Å². The molecule has 2 aromatic carbocycles. The molecule has 29 heavy (non-hydrogen) atoms. The number of methoxy groups -OCH3 is 1. The van der Waals surface area contributed by atoms with Crippen molar-refractivity contribution in [3.63, 3.8) is 0 Å². The summed E-state index contributed by atoms with van der Waals surface area (Å²) in [6.45, 7) is 2.15. The number of benzene rings is 2. The Morgan fingerprint density at radius 1 is 1.10 bits per heavy atom. The molecule has 1 aliphatic rings. The van der Waals surface area contributed by atoms with Gasteiger partial charge in [-0.05, 0) is 41.9 Å². The molecule has 3 rings (SSSR count). The Labute approximate surface area is 195 Å². The molecule has 0 aliphatic carbocycles. The fraction of sp³-hybridized carbons (Fsp3) is 0.409. The van der Waals surface area contributed by atoms with Gasteiger partial charge in [0, 0.05) is 25.4 Å². The fourth-order valence-electron chi connectivity index (χ4n) is 3.10. The zero-order chi connectivity index (χ0) is 19.6. The van der Waals surface area contributed by atoms with Crippen molar-refractivity contribution < 1.29 is 9.47 Å². The van der Waals surface area contributed by atoms with Crippen LogP contribution in [0, 0.1) is 0 Å². The second-order valence-corrected chi connectivity index (χ2v) is 8.11. The van der Waals surface area contributed by atoms with Crippen LogP contribution in [0.15, 0.2) is 53.5 Å². The second-order valence-electron chi connectivity index (χ2n) is 6.70. The molecule has 0 amide bonds. The number of ether oxygens (including phenoxy) is 2. The molecule has 2 N–H and O–H groups in total. The van der Waals surface area contributed by atoms with Gasteiger partial charge in [0.15, 0.2) is 17.5 Å². The van der Waals surface area contributed by atoms with Crippen LogP contribution in [0.2, 0.25) is 0 Å². The van der Waals surface area contributed by atoms with Crippen LogP contribution in [-0.2, 0) is 13.2 Å². The van der Waals surface area contributed by atoms with Crippen molar-refractivity contribution in [1.29, 1.82) is 0 Å². The van der Waals surface area contributed by atoms with Gasteiger partial charge in [0.05, 0.1) is 7.11 Å². The van der Waals surface area contributed by atoms with Crippen LogP contribution < -0.4 is 20.1 Å². The van der Waals surface area contributed by atoms with Gasteiger partial charge in [-0.1, -0.05) is 36.4 Å². The summed E-state index contributed by atoms with van der Waals surface area (Å²) in [7, 11) is 3.47. The van der Waals surface area contributed by atoms with E-state index in [2.05, 4.69) is 21.7 Å². The summed E-state index contributed by atoms with van der Waals surface area (Å²) < 4.78 is 11.4. The van der Waals surface area contributed by atoms with Gasteiger partial charge < -0.3 is 20.1 Å². The highest BCUT2D eigenvalue weighted by atomic mass is 127. The van der Waals surface area contributed by atoms with Crippen LogP contribution in [0.3, 0.4) is 0 Å². The molecule has 1 unspecified atom stereocenters. The topological polar surface area (TPSA) is 54.9 Å². The van der Waals surface area contributed by atoms with Crippen LogP contribution in [0.4, 0.5) is 0 Å². The second kappa shape index (κ2) is 12.8. The van der Waals surface area contributed by atoms with Crippen molar-refractivity contribution in [2.45, 2.75) is 31.2 Å². The zero-order valence-corrected chi connectivity index (χ0v) is 20.2. The van der Waals surface area contributed by atoms with Crippen molar-refractivity contribution in [2.24, 2.45) is 4.99 Å². The number of thioether (sulfide) groups is 1. The first-order valence-corrected chi connectivity index (χ1v) is 10.7. The fourth-order valence-corrected chi connectivity index (χ4v) is 4.30. The van der Waals surface area contributed by atoms with Gasteiger partial charge in [0.2, 0.25) is 0 Å². The number of hydrogen-bond donors (Lipinski definition) is 2. The number of aliphatic imine (C=N–C) groups is 1. The lowest BCUT2D eigenvalue weighted by Crippen LogP contribution is -2.39. The summed E-state index contributed by atoms with van der Waals surface area (Å²) in [5.74, 6) is 3.59. The Bertz CT molecular complexity index is 768. The summed E-state index contributed by atoms with van der Waals surface area (Å²) in [6.07, 6.45) is 2.61. The Balaban J connectivity index is 0.00000300. The maximum absolute atomic E-state index is 5.93. The molecule has 0 aromatic heterocycles. The van der Waals surface area contributed by atoms with E-state index in [1.807, 2.05) is 54.2 Å². The molecule has 1 heterocycles. The predicted molar refractivity (Wildman–Crippen MR) is 133 cm³/mol. The van der Waals surface area contributed by atoms with Crippen LogP contribution in [0.1, 0.15) is 24.0 Å². The SMILES string of the molecule is CN=C(NCc1ccc(OCc2ccccc2)c(OC)c1)NCC1CCCS1.I. The van der Waals surface area contributed by atoms with E-state index in [0.717, 1.165) is 35.1 Å². The molecule has 0 radical (unpaired) electrons. The highest BCUT2D eigenvalue weighted by Gasteiger charge is 2.15. The minimum Gasteiger partial charge on any atom is -0.493 e. The molecular formula is C22H30IN3O2S. The van der Waals surface area contributed by atoms with Gasteiger partial charge in [0.25, 0.3) is 0 Å². The molecule has 1 saturated heterocycles. The standard InChI is InChI=1S/C22H29N3O2S.HI/c1-23-22(25-15-19-9-6-12-28-19)24-14-18-10-11-20(21(13-18)26-2)27-16-17-7-4-3-5-8-17;/h3-5,7-8,10-11,13,19H,6,9,12,14-16H2,1-2H3,(H2,23,24,25);1H. The minimum absolute atomic E-state index is 0. The van der Waals surface area contributed by atoms with Gasteiger partial charge in [-0.25, -0.2) is 0 Å². The monoisotopic (exact) mass is 527 g/mol. The van der Waals surface area contributed by atoms with Gasteiger partial charge in [-0.3, -0.25) is 4.99 Å². The van der Waals surface area contributed by atoms with Crippen molar-refractivity contribution in [1.82, 2.24) is 10.6 Å². The van der Waals surface area contributed by atoms with E-state index in [-0.39, 0.29) is 24.0 Å². The summed E-state index contributed by atoms with van der Waals surface area (Å²) >= 11 is 2.04. The number of halogens is 1. The maximum Gasteiger partial charge on any atom is 0.191 e. The van der Waals surface area contributed by atoms with E-state index in [9.17, 15) is 0 Å². The van der Waals surface area contributed by atoms with Crippen LogP contribution in [-0.4, -0.2) is 37.7 Å². The third-order valence-corrected chi connectivity index (χ3v) is 6.07. The van der Waals surface area contributed by atoms with E-state index in [0.29, 0.717) is 18.4 Å². The number of hydrogen-bond acceptors (Lipinski definition) is 4. The third kappa shape index (κ3) is 7.62. The predicted octanol–water partition coefficient (Wildman–Crippen LogP) is 4.45. The number of rotatable bonds is 8. The Hall–Kier alpha value is -1.61. The van der Waals surface area contributed by atoms with E-state index in [1.54, 1.807) is 14.2 Å². The van der Waals surface area contributed by atoms with Gasteiger partial charge in [0.1, 0.15) is 6.61 Å². The summed E-state index contributed by atoms with van der Waals surface area (Å²) in [6, 6.07) is 16.1. The first kappa shape index (κ1) is 23.7. The summed E-state index contributed by atoms with van der Waals surface area (Å²) in [5.41, 5.74) is 2.24. The molecular weight excluding hydrogens is 497 g/mol. The third-order valence-electron chi connectivity index (χ3n) is 4.67. The maximum atomic E-state index is 5.93. The van der Waals surface area contributed by atoms with E-state index < -0.39 is 0 Å². The molecule has 0 bridgehead atoms. The van der Waals surface area contributed by atoms with Gasteiger partial charge in [-0.2, -0.15) is 11.8 Å². The molecule has 2 aromatic rings. The first-order valence-electron chi connectivity index (χ1n) is 9.68. The first-order chi connectivity index (χ1) is 13.8. The van der Waals surface area contributed by atoms with Crippen molar-refractivity contribution in [2.75, 3.05) is 26.5 Å². The lowest BCUT2D eigenvalue weighted by molar-refractivity contribution is 0.284. The summed E-state index contributed by atoms with van der Waals surface area (Å²) in [5, 5.41) is 7.49. The smallest absolute Gasteiger partial charge is 0.191 e. The van der Waals surface area contributed by atoms with E-state index >= 15 is 0 Å². The van der Waals surface area contributed by atoms with Gasteiger partial charge >= 0.3 is 0 Å². The zero-order valence-electron chi connectivity index (χ0n) is 17.0. The molecule has 1 atom stereocenters. The number of guanidine groups is 1. The Morgan fingerprint density at radius 3 is 2.62 bits per heavy atom. The minimum atomic E-state index is 0. The highest BCUT2D eigenvalue weighted by molar-refractivity contribution is 14.0. The van der Waals surface area contributed by atoms with Crippen LogP contribution in [0.5, 0.6) is 11.5 Å². The average Bonchev–Trinajstić information content (AvgIpc) is 3.27. The molecule has 0 spiro atoms. The van der Waals surface area contributed by atoms with E-state index in [4.69, 9.17) is 9.47 Å². The molecule has 7 heteroatoms. The largest absolute Gasteiger partial charge is 0.493 e. The van der Waals surface area contributed by atoms with Gasteiger partial charge in [-0.15, -0.1) is 24.0 Å². The molecule has 158 valence electrons. The highest BCUT2D eigenvalue weighted by Crippen LogP contribution is 2.29. The quantitative estimate of drug-likeness (QED) is 0.302. The molecule has 5 nitrogen and oxygen atoms in total. The molecule has 1 aliphatic heterocycles.